The number of aromatic amines is 1. The number of aromatic nitrogens is 2. The largest absolute Gasteiger partial charge is 0.504 e. The van der Waals surface area contributed by atoms with Crippen molar-refractivity contribution in [2.24, 2.45) is 5.10 Å². The minimum absolute atomic E-state index is 0.00450. The summed E-state index contributed by atoms with van der Waals surface area (Å²) in [5.74, 6) is 1.46. The molecule has 0 saturated heterocycles. The molecular formula is C23H20N4O4. The Labute approximate surface area is 178 Å². The van der Waals surface area contributed by atoms with E-state index in [2.05, 4.69) is 20.5 Å². The lowest BCUT2D eigenvalue weighted by molar-refractivity contribution is 0.0955. The molecule has 0 aliphatic rings. The number of nitrogens with zero attached hydrogens (tertiary/aromatic N) is 2. The number of hydrogen-bond acceptors (Lipinski definition) is 6. The van der Waals surface area contributed by atoms with Crippen molar-refractivity contribution in [1.29, 1.82) is 0 Å². The van der Waals surface area contributed by atoms with Crippen LogP contribution in [0.2, 0.25) is 0 Å². The third-order valence-electron chi connectivity index (χ3n) is 4.69. The van der Waals surface area contributed by atoms with Crippen molar-refractivity contribution < 1.29 is 19.4 Å². The molecular weight excluding hydrogens is 396 g/mol. The molecule has 8 heteroatoms. The number of imidazole rings is 1. The number of phenols is 1. The minimum Gasteiger partial charge on any atom is -0.504 e. The molecule has 0 aliphatic heterocycles. The highest BCUT2D eigenvalue weighted by Gasteiger charge is 2.10. The Morgan fingerprint density at radius 1 is 1.06 bits per heavy atom. The maximum Gasteiger partial charge on any atom is 0.271 e. The first-order valence-corrected chi connectivity index (χ1v) is 9.42. The molecule has 0 atom stereocenters. The maximum atomic E-state index is 12.5. The summed E-state index contributed by atoms with van der Waals surface area (Å²) >= 11 is 0. The molecule has 0 unspecified atom stereocenters. The summed E-state index contributed by atoms with van der Waals surface area (Å²) in [6.07, 6.45) is 1.44. The van der Waals surface area contributed by atoms with Gasteiger partial charge in [-0.1, -0.05) is 0 Å². The van der Waals surface area contributed by atoms with Gasteiger partial charge in [0.15, 0.2) is 11.5 Å². The second-order valence-corrected chi connectivity index (χ2v) is 6.68. The molecule has 0 aliphatic carbocycles. The molecule has 0 fully saturated rings. The molecule has 8 nitrogen and oxygen atoms in total. The van der Waals surface area contributed by atoms with E-state index < -0.39 is 0 Å². The first kappa shape index (κ1) is 20.0. The average molecular weight is 416 g/mol. The highest BCUT2D eigenvalue weighted by atomic mass is 16.5. The lowest BCUT2D eigenvalue weighted by atomic mass is 10.2. The molecule has 1 amide bonds. The van der Waals surface area contributed by atoms with Crippen LogP contribution in [0.4, 0.5) is 0 Å². The van der Waals surface area contributed by atoms with Crippen LogP contribution in [0.25, 0.3) is 22.4 Å². The smallest absolute Gasteiger partial charge is 0.271 e. The lowest BCUT2D eigenvalue weighted by Gasteiger charge is -2.03. The monoisotopic (exact) mass is 416 g/mol. The van der Waals surface area contributed by atoms with E-state index in [1.54, 1.807) is 37.4 Å². The van der Waals surface area contributed by atoms with Gasteiger partial charge in [-0.05, 0) is 66.2 Å². The Kier molecular flexibility index (Phi) is 5.53. The molecule has 4 aromatic rings. The zero-order chi connectivity index (χ0) is 21.8. The van der Waals surface area contributed by atoms with Crippen LogP contribution in [0.3, 0.4) is 0 Å². The zero-order valence-corrected chi connectivity index (χ0v) is 16.9. The second kappa shape index (κ2) is 8.58. The molecule has 3 N–H and O–H groups in total. The van der Waals surface area contributed by atoms with Crippen molar-refractivity contribution in [2.75, 3.05) is 14.2 Å². The fraction of sp³-hybridized carbons (Fsp3) is 0.0870. The summed E-state index contributed by atoms with van der Waals surface area (Å²) < 4.78 is 10.2. The Hall–Kier alpha value is -4.33. The maximum absolute atomic E-state index is 12.5. The van der Waals surface area contributed by atoms with Crippen molar-refractivity contribution in [3.05, 3.63) is 71.8 Å². The van der Waals surface area contributed by atoms with Gasteiger partial charge >= 0.3 is 0 Å². The molecule has 1 heterocycles. The average Bonchev–Trinajstić information content (AvgIpc) is 3.22. The van der Waals surface area contributed by atoms with E-state index in [1.165, 1.54) is 19.4 Å². The molecule has 156 valence electrons. The summed E-state index contributed by atoms with van der Waals surface area (Å²) in [7, 11) is 3.09. The third kappa shape index (κ3) is 4.32. The van der Waals surface area contributed by atoms with E-state index in [-0.39, 0.29) is 11.7 Å². The molecule has 0 bridgehead atoms. The summed E-state index contributed by atoms with van der Waals surface area (Å²) in [4.78, 5) is 20.3. The van der Waals surface area contributed by atoms with Crippen LogP contribution < -0.4 is 14.9 Å². The Morgan fingerprint density at radius 3 is 2.58 bits per heavy atom. The van der Waals surface area contributed by atoms with Gasteiger partial charge in [-0.25, -0.2) is 10.4 Å². The number of methoxy groups -OCH3 is 2. The number of benzene rings is 3. The quantitative estimate of drug-likeness (QED) is 0.328. The van der Waals surface area contributed by atoms with Crippen LogP contribution in [0, 0.1) is 0 Å². The van der Waals surface area contributed by atoms with Gasteiger partial charge in [-0.3, -0.25) is 4.79 Å². The van der Waals surface area contributed by atoms with Gasteiger partial charge in [0.05, 0.1) is 31.5 Å². The van der Waals surface area contributed by atoms with Gasteiger partial charge in [0.2, 0.25) is 0 Å². The number of phenolic OH excluding ortho intramolecular Hbond substituents is 1. The summed E-state index contributed by atoms with van der Waals surface area (Å²) in [6.45, 7) is 0. The van der Waals surface area contributed by atoms with Gasteiger partial charge in [0.25, 0.3) is 5.91 Å². The fourth-order valence-corrected chi connectivity index (χ4v) is 3.05. The van der Waals surface area contributed by atoms with Crippen molar-refractivity contribution in [3.63, 3.8) is 0 Å². The number of rotatable bonds is 6. The van der Waals surface area contributed by atoms with E-state index in [1.807, 2.05) is 24.3 Å². The topological polar surface area (TPSA) is 109 Å². The van der Waals surface area contributed by atoms with E-state index in [9.17, 15) is 9.90 Å². The van der Waals surface area contributed by atoms with Gasteiger partial charge in [-0.15, -0.1) is 0 Å². The molecule has 1 aromatic heterocycles. The SMILES string of the molecule is COc1ccc(-c2nc3ccc(C(=O)NN=Cc4ccc(OC)c(O)c4)cc3[nH]2)cc1. The van der Waals surface area contributed by atoms with Crippen LogP contribution in [-0.2, 0) is 0 Å². The summed E-state index contributed by atoms with van der Waals surface area (Å²) in [5, 5.41) is 13.7. The standard InChI is InChI=1S/C23H20N4O4/c1-30-17-7-4-15(5-8-17)22-25-18-9-6-16(12-19(18)26-22)23(29)27-24-13-14-3-10-21(31-2)20(28)11-14/h3-13,28H,1-2H3,(H,25,26)(H,27,29). The number of amides is 1. The number of ether oxygens (including phenoxy) is 2. The Balaban J connectivity index is 1.48. The number of carbonyl (C=O) groups is 1. The Bertz CT molecular complexity index is 1260. The van der Waals surface area contributed by atoms with Crippen LogP contribution in [0.15, 0.2) is 65.8 Å². The second-order valence-electron chi connectivity index (χ2n) is 6.68. The highest BCUT2D eigenvalue weighted by Crippen LogP contribution is 2.25. The van der Waals surface area contributed by atoms with Crippen molar-refractivity contribution in [3.8, 4) is 28.6 Å². The Morgan fingerprint density at radius 2 is 1.87 bits per heavy atom. The number of carbonyl (C=O) groups excluding carboxylic acids is 1. The number of fused-ring (bicyclic) bond motifs is 1. The van der Waals surface area contributed by atoms with Gasteiger partial charge in [0, 0.05) is 11.1 Å². The predicted molar refractivity (Wildman–Crippen MR) is 118 cm³/mol. The first-order valence-electron chi connectivity index (χ1n) is 9.42. The van der Waals surface area contributed by atoms with Gasteiger partial charge in [0.1, 0.15) is 11.6 Å². The lowest BCUT2D eigenvalue weighted by Crippen LogP contribution is -2.17. The van der Waals surface area contributed by atoms with Gasteiger partial charge < -0.3 is 19.6 Å². The van der Waals surface area contributed by atoms with Crippen LogP contribution in [0.5, 0.6) is 17.2 Å². The van der Waals surface area contributed by atoms with Crippen LogP contribution >= 0.6 is 0 Å². The molecule has 3 aromatic carbocycles. The number of hydrogen-bond donors (Lipinski definition) is 3. The zero-order valence-electron chi connectivity index (χ0n) is 16.9. The number of H-pyrrole nitrogens is 1. The number of hydrazone groups is 1. The fourth-order valence-electron chi connectivity index (χ4n) is 3.05. The summed E-state index contributed by atoms with van der Waals surface area (Å²) in [5.41, 5.74) is 5.94. The number of aromatic hydroxyl groups is 1. The molecule has 4 rings (SSSR count). The normalized spacial score (nSPS) is 11.0. The van der Waals surface area contributed by atoms with Crippen LogP contribution in [-0.4, -0.2) is 41.4 Å². The van der Waals surface area contributed by atoms with Crippen molar-refractivity contribution >= 4 is 23.2 Å². The van der Waals surface area contributed by atoms with E-state index >= 15 is 0 Å². The minimum atomic E-state index is -0.364. The third-order valence-corrected chi connectivity index (χ3v) is 4.69. The first-order chi connectivity index (χ1) is 15.1. The highest BCUT2D eigenvalue weighted by molar-refractivity contribution is 5.98. The van der Waals surface area contributed by atoms with Crippen molar-refractivity contribution in [2.45, 2.75) is 0 Å². The predicted octanol–water partition coefficient (Wildman–Crippen LogP) is 3.72. The molecule has 0 radical (unpaired) electrons. The van der Waals surface area contributed by atoms with Crippen molar-refractivity contribution in [1.82, 2.24) is 15.4 Å². The number of nitrogens with one attached hydrogen (secondary N) is 2. The summed E-state index contributed by atoms with van der Waals surface area (Å²) in [6, 6.07) is 17.6. The molecule has 31 heavy (non-hydrogen) atoms. The van der Waals surface area contributed by atoms with Gasteiger partial charge in [-0.2, -0.15) is 5.10 Å². The van der Waals surface area contributed by atoms with E-state index in [0.29, 0.717) is 22.7 Å². The van der Waals surface area contributed by atoms with E-state index in [0.717, 1.165) is 22.3 Å². The van der Waals surface area contributed by atoms with Crippen LogP contribution in [0.1, 0.15) is 15.9 Å². The molecule has 0 saturated carbocycles. The van der Waals surface area contributed by atoms with E-state index in [4.69, 9.17) is 9.47 Å². The molecule has 0 spiro atoms.